The van der Waals surface area contributed by atoms with Gasteiger partial charge in [0.2, 0.25) is 5.91 Å². The van der Waals surface area contributed by atoms with Crippen LogP contribution in [0.25, 0.3) is 0 Å². The molecule has 0 aliphatic carbocycles. The van der Waals surface area contributed by atoms with Gasteiger partial charge in [-0.25, -0.2) is 9.97 Å². The Morgan fingerprint density at radius 2 is 1.90 bits per heavy atom. The van der Waals surface area contributed by atoms with Gasteiger partial charge in [-0.3, -0.25) is 9.59 Å². The molecule has 0 aromatic carbocycles. The van der Waals surface area contributed by atoms with Crippen molar-refractivity contribution in [3.8, 4) is 0 Å². The predicted octanol–water partition coefficient (Wildman–Crippen LogP) is 1.64. The Labute approximate surface area is 120 Å². The average Bonchev–Trinajstić information content (AvgIpc) is 2.63. The number of anilines is 1. The smallest absolute Gasteiger partial charge is 0.254 e. The first-order valence-corrected chi connectivity index (χ1v) is 6.98. The summed E-state index contributed by atoms with van der Waals surface area (Å²) in [6.45, 7) is 7.27. The molecule has 106 valence electrons. The van der Waals surface area contributed by atoms with Gasteiger partial charge in [0.05, 0.1) is 12.1 Å². The van der Waals surface area contributed by atoms with Crippen LogP contribution in [0.3, 0.4) is 0 Å². The van der Waals surface area contributed by atoms with Gasteiger partial charge in [0.25, 0.3) is 5.56 Å². The Bertz CT molecular complexity index is 698. The molecule has 2 N–H and O–H groups in total. The normalized spacial score (nSPS) is 10.6. The summed E-state index contributed by atoms with van der Waals surface area (Å²) in [5, 5.41) is 3.26. The van der Waals surface area contributed by atoms with Crippen molar-refractivity contribution in [3.63, 3.8) is 0 Å². The minimum Gasteiger partial charge on any atom is -0.311 e. The van der Waals surface area contributed by atoms with Crippen LogP contribution in [0.2, 0.25) is 0 Å². The lowest BCUT2D eigenvalue weighted by molar-refractivity contribution is -0.115. The lowest BCUT2D eigenvalue weighted by Crippen LogP contribution is -2.24. The Kier molecular flexibility index (Phi) is 3.99. The van der Waals surface area contributed by atoms with E-state index in [0.29, 0.717) is 22.2 Å². The molecule has 0 aliphatic rings. The number of H-pyrrole nitrogens is 1. The number of aromatic amines is 1. The molecule has 0 radical (unpaired) electrons. The molecule has 0 fully saturated rings. The van der Waals surface area contributed by atoms with E-state index in [9.17, 15) is 9.59 Å². The number of carbonyl (C=O) groups excluding carboxylic acids is 1. The van der Waals surface area contributed by atoms with Crippen LogP contribution in [0.15, 0.2) is 4.79 Å². The fourth-order valence-electron chi connectivity index (χ4n) is 1.81. The van der Waals surface area contributed by atoms with Crippen LogP contribution >= 0.6 is 11.3 Å². The third kappa shape index (κ3) is 3.11. The van der Waals surface area contributed by atoms with Crippen LogP contribution in [-0.2, 0) is 11.2 Å². The number of amides is 1. The number of aromatic nitrogens is 3. The molecule has 0 saturated carbocycles. The molecule has 0 spiro atoms. The molecule has 7 heteroatoms. The van der Waals surface area contributed by atoms with Gasteiger partial charge in [-0.15, -0.1) is 11.3 Å². The molecule has 2 heterocycles. The van der Waals surface area contributed by atoms with Gasteiger partial charge < -0.3 is 10.3 Å². The summed E-state index contributed by atoms with van der Waals surface area (Å²) in [6.07, 6.45) is -0.00782. The van der Waals surface area contributed by atoms with Crippen molar-refractivity contribution in [2.45, 2.75) is 34.1 Å². The maximum Gasteiger partial charge on any atom is 0.254 e. The quantitative estimate of drug-likeness (QED) is 0.900. The van der Waals surface area contributed by atoms with Gasteiger partial charge in [-0.05, 0) is 27.7 Å². The van der Waals surface area contributed by atoms with Crippen LogP contribution in [0.5, 0.6) is 0 Å². The fraction of sp³-hybridized carbons (Fsp3) is 0.385. The second-order valence-electron chi connectivity index (χ2n) is 4.60. The van der Waals surface area contributed by atoms with Gasteiger partial charge in [-0.1, -0.05) is 0 Å². The van der Waals surface area contributed by atoms with Crippen molar-refractivity contribution >= 4 is 22.4 Å². The molecule has 0 atom stereocenters. The van der Waals surface area contributed by atoms with Crippen LogP contribution in [0, 0.1) is 27.7 Å². The van der Waals surface area contributed by atoms with E-state index in [-0.39, 0.29) is 17.9 Å². The lowest BCUT2D eigenvalue weighted by Gasteiger charge is -2.05. The van der Waals surface area contributed by atoms with E-state index in [2.05, 4.69) is 20.3 Å². The SMILES string of the molecule is Cc1nc(C)c(CC(=O)Nc2nc(C)c(C)s2)c(=O)[nH]1. The zero-order valence-corrected chi connectivity index (χ0v) is 12.6. The molecule has 2 aromatic heterocycles. The maximum atomic E-state index is 12.0. The van der Waals surface area contributed by atoms with E-state index in [4.69, 9.17) is 0 Å². The molecule has 6 nitrogen and oxygen atoms in total. The summed E-state index contributed by atoms with van der Waals surface area (Å²) < 4.78 is 0. The Balaban J connectivity index is 2.14. The standard InChI is InChI=1S/C13H16N4O2S/c1-6-8(3)20-13(15-6)17-11(18)5-10-7(2)14-9(4)16-12(10)19/h5H2,1-4H3,(H,14,16,19)(H,15,17,18). The Hall–Kier alpha value is -2.02. The largest absolute Gasteiger partial charge is 0.311 e. The van der Waals surface area contributed by atoms with Crippen LogP contribution in [0.1, 0.15) is 27.7 Å². The molecule has 0 aliphatic heterocycles. The highest BCUT2D eigenvalue weighted by Crippen LogP contribution is 2.21. The second-order valence-corrected chi connectivity index (χ2v) is 5.80. The minimum atomic E-state index is -0.267. The Morgan fingerprint density at radius 3 is 2.45 bits per heavy atom. The van der Waals surface area contributed by atoms with Crippen molar-refractivity contribution in [3.05, 3.63) is 38.0 Å². The van der Waals surface area contributed by atoms with Gasteiger partial charge in [0.1, 0.15) is 5.82 Å². The molecule has 2 aromatic rings. The first-order valence-electron chi connectivity index (χ1n) is 6.17. The number of rotatable bonds is 3. The predicted molar refractivity (Wildman–Crippen MR) is 78.3 cm³/mol. The average molecular weight is 292 g/mol. The van der Waals surface area contributed by atoms with E-state index in [1.165, 1.54) is 11.3 Å². The summed E-state index contributed by atoms with van der Waals surface area (Å²) in [4.78, 5) is 35.8. The number of hydrogen-bond acceptors (Lipinski definition) is 5. The zero-order valence-electron chi connectivity index (χ0n) is 11.8. The highest BCUT2D eigenvalue weighted by atomic mass is 32.1. The molecule has 2 rings (SSSR count). The third-order valence-electron chi connectivity index (χ3n) is 2.95. The van der Waals surface area contributed by atoms with Crippen LogP contribution in [-0.4, -0.2) is 20.9 Å². The number of aryl methyl sites for hydroxylation is 4. The molecular weight excluding hydrogens is 276 g/mol. The first-order chi connectivity index (χ1) is 9.36. The van der Waals surface area contributed by atoms with Gasteiger partial charge in [0.15, 0.2) is 5.13 Å². The number of thiazole rings is 1. The number of nitrogens with zero attached hydrogens (tertiary/aromatic N) is 2. The molecule has 20 heavy (non-hydrogen) atoms. The van der Waals surface area contributed by atoms with E-state index in [0.717, 1.165) is 10.6 Å². The van der Waals surface area contributed by atoms with E-state index in [1.807, 2.05) is 13.8 Å². The van der Waals surface area contributed by atoms with E-state index in [1.54, 1.807) is 13.8 Å². The van der Waals surface area contributed by atoms with Gasteiger partial charge in [0, 0.05) is 16.1 Å². The second kappa shape index (κ2) is 5.54. The molecule has 0 saturated heterocycles. The zero-order chi connectivity index (χ0) is 14.9. The number of carbonyl (C=O) groups is 1. The summed E-state index contributed by atoms with van der Waals surface area (Å²) in [5.74, 6) is 0.279. The first kappa shape index (κ1) is 14.4. The monoisotopic (exact) mass is 292 g/mol. The highest BCUT2D eigenvalue weighted by Gasteiger charge is 2.13. The van der Waals surface area contributed by atoms with Gasteiger partial charge >= 0.3 is 0 Å². The Morgan fingerprint density at radius 1 is 1.20 bits per heavy atom. The van der Waals surface area contributed by atoms with Crippen molar-refractivity contribution in [1.29, 1.82) is 0 Å². The summed E-state index contributed by atoms with van der Waals surface area (Å²) >= 11 is 1.42. The lowest BCUT2D eigenvalue weighted by atomic mass is 10.1. The molecular formula is C13H16N4O2S. The summed E-state index contributed by atoms with van der Waals surface area (Å²) in [7, 11) is 0. The van der Waals surface area contributed by atoms with Crippen molar-refractivity contribution < 1.29 is 4.79 Å². The van der Waals surface area contributed by atoms with Crippen LogP contribution < -0.4 is 10.9 Å². The number of nitrogens with one attached hydrogen (secondary N) is 2. The van der Waals surface area contributed by atoms with Crippen molar-refractivity contribution in [2.24, 2.45) is 0 Å². The van der Waals surface area contributed by atoms with Crippen molar-refractivity contribution in [1.82, 2.24) is 15.0 Å². The van der Waals surface area contributed by atoms with Crippen LogP contribution in [0.4, 0.5) is 5.13 Å². The summed E-state index contributed by atoms with van der Waals surface area (Å²) in [5.41, 5.74) is 1.60. The fourth-order valence-corrected chi connectivity index (χ4v) is 2.64. The molecule has 1 amide bonds. The van der Waals surface area contributed by atoms with E-state index < -0.39 is 0 Å². The summed E-state index contributed by atoms with van der Waals surface area (Å²) in [6, 6.07) is 0. The van der Waals surface area contributed by atoms with Gasteiger partial charge in [-0.2, -0.15) is 0 Å². The topological polar surface area (TPSA) is 87.7 Å². The minimum absolute atomic E-state index is 0.00782. The third-order valence-corrected chi connectivity index (χ3v) is 3.94. The maximum absolute atomic E-state index is 12.0. The number of hydrogen-bond donors (Lipinski definition) is 2. The molecule has 0 bridgehead atoms. The van der Waals surface area contributed by atoms with E-state index >= 15 is 0 Å². The molecule has 0 unspecified atom stereocenters. The van der Waals surface area contributed by atoms with Crippen molar-refractivity contribution in [2.75, 3.05) is 5.32 Å². The highest BCUT2D eigenvalue weighted by molar-refractivity contribution is 7.15.